The number of carboxylic acids is 1. The summed E-state index contributed by atoms with van der Waals surface area (Å²) in [5.74, 6) is -0.879. The molecule has 3 aromatic rings. The van der Waals surface area contributed by atoms with Crippen molar-refractivity contribution in [3.8, 4) is 0 Å². The molecule has 0 saturated heterocycles. The molecule has 3 rings (SSSR count). The summed E-state index contributed by atoms with van der Waals surface area (Å²) < 4.78 is 7.02. The zero-order chi connectivity index (χ0) is 13.6. The highest BCUT2D eigenvalue weighted by Crippen LogP contribution is 2.38. The van der Waals surface area contributed by atoms with Crippen molar-refractivity contribution in [2.24, 2.45) is 0 Å². The van der Waals surface area contributed by atoms with Crippen LogP contribution in [0.15, 0.2) is 43.9 Å². The molecule has 5 heteroatoms. The molecule has 1 aromatic heterocycles. The van der Waals surface area contributed by atoms with Gasteiger partial charge in [-0.05, 0) is 32.8 Å². The Morgan fingerprint density at radius 1 is 1.21 bits per heavy atom. The van der Waals surface area contributed by atoms with Crippen LogP contribution in [0.3, 0.4) is 0 Å². The second kappa shape index (κ2) is 4.65. The second-order valence-electron chi connectivity index (χ2n) is 4.20. The summed E-state index contributed by atoms with van der Waals surface area (Å²) in [5, 5.41) is 11.9. The number of carboxylic acid groups (broad SMARTS) is 1. The first-order valence-electron chi connectivity index (χ1n) is 5.58. The lowest BCUT2D eigenvalue weighted by Gasteiger charge is -2.03. The van der Waals surface area contributed by atoms with Crippen molar-refractivity contribution in [1.82, 2.24) is 0 Å². The van der Waals surface area contributed by atoms with Gasteiger partial charge >= 0.3 is 5.97 Å². The van der Waals surface area contributed by atoms with E-state index in [0.717, 1.165) is 20.6 Å². The summed E-state index contributed by atoms with van der Waals surface area (Å²) in [4.78, 5) is 11.0. The second-order valence-corrected chi connectivity index (χ2v) is 5.78. The van der Waals surface area contributed by atoms with E-state index in [1.807, 2.05) is 30.3 Å². The van der Waals surface area contributed by atoms with Crippen molar-refractivity contribution in [2.75, 3.05) is 0 Å². The van der Waals surface area contributed by atoms with E-state index >= 15 is 0 Å². The zero-order valence-electron chi connectivity index (χ0n) is 9.61. The Morgan fingerprint density at radius 3 is 2.58 bits per heavy atom. The fraction of sp³-hybridized carbons (Fsp3) is 0.0714. The standard InChI is InChI=1S/C14H8Br2O3/c15-10-6-11-13(8-4-2-1-3-7(8)10)9(5-12(17)18)14(16)19-11/h1-4,6H,5H2,(H,17,18). The fourth-order valence-corrected chi connectivity index (χ4v) is 3.33. The molecule has 0 fully saturated rings. The van der Waals surface area contributed by atoms with Crippen molar-refractivity contribution in [2.45, 2.75) is 6.42 Å². The Bertz CT molecular complexity index is 805. The highest BCUT2D eigenvalue weighted by molar-refractivity contribution is 9.10. The number of hydrogen-bond donors (Lipinski definition) is 1. The van der Waals surface area contributed by atoms with Gasteiger partial charge in [0.1, 0.15) is 5.58 Å². The molecule has 0 aliphatic heterocycles. The Kier molecular flexibility index (Phi) is 3.11. The summed E-state index contributed by atoms with van der Waals surface area (Å²) in [6, 6.07) is 9.71. The smallest absolute Gasteiger partial charge is 0.308 e. The molecule has 0 radical (unpaired) electrons. The van der Waals surface area contributed by atoms with Gasteiger partial charge < -0.3 is 9.52 Å². The lowest BCUT2D eigenvalue weighted by atomic mass is 10.0. The SMILES string of the molecule is O=C(O)Cc1c(Br)oc2cc(Br)c3ccccc3c12. The molecule has 1 N–H and O–H groups in total. The van der Waals surface area contributed by atoms with Gasteiger partial charge in [-0.2, -0.15) is 0 Å². The van der Waals surface area contributed by atoms with Crippen molar-refractivity contribution >= 4 is 59.6 Å². The minimum atomic E-state index is -0.879. The average Bonchev–Trinajstić information content (AvgIpc) is 2.66. The van der Waals surface area contributed by atoms with E-state index in [-0.39, 0.29) is 6.42 Å². The van der Waals surface area contributed by atoms with Gasteiger partial charge in [0.2, 0.25) is 0 Å². The summed E-state index contributed by atoms with van der Waals surface area (Å²) in [5.41, 5.74) is 1.35. The van der Waals surface area contributed by atoms with Gasteiger partial charge in [0.25, 0.3) is 0 Å². The van der Waals surface area contributed by atoms with Crippen LogP contribution >= 0.6 is 31.9 Å². The molecule has 3 nitrogen and oxygen atoms in total. The third-order valence-corrected chi connectivity index (χ3v) is 4.32. The molecule has 0 aliphatic carbocycles. The molecule has 0 saturated carbocycles. The highest BCUT2D eigenvalue weighted by Gasteiger charge is 2.18. The van der Waals surface area contributed by atoms with Crippen LogP contribution in [-0.2, 0) is 11.2 Å². The summed E-state index contributed by atoms with van der Waals surface area (Å²) in [6.45, 7) is 0. The first-order valence-corrected chi connectivity index (χ1v) is 7.16. The third kappa shape index (κ3) is 2.07. The number of rotatable bonds is 2. The Labute approximate surface area is 125 Å². The van der Waals surface area contributed by atoms with Crippen LogP contribution < -0.4 is 0 Å². The highest BCUT2D eigenvalue weighted by atomic mass is 79.9. The van der Waals surface area contributed by atoms with E-state index in [0.29, 0.717) is 15.8 Å². The number of benzene rings is 2. The van der Waals surface area contributed by atoms with Gasteiger partial charge in [0.15, 0.2) is 4.67 Å². The van der Waals surface area contributed by atoms with Crippen LogP contribution in [0.25, 0.3) is 21.7 Å². The van der Waals surface area contributed by atoms with E-state index in [1.165, 1.54) is 0 Å². The third-order valence-electron chi connectivity index (χ3n) is 3.02. The molecule has 19 heavy (non-hydrogen) atoms. The maximum absolute atomic E-state index is 11.0. The molecule has 0 spiro atoms. The summed E-state index contributed by atoms with van der Waals surface area (Å²) >= 11 is 6.81. The van der Waals surface area contributed by atoms with Crippen molar-refractivity contribution in [1.29, 1.82) is 0 Å². The first-order chi connectivity index (χ1) is 9.08. The lowest BCUT2D eigenvalue weighted by molar-refractivity contribution is -0.136. The van der Waals surface area contributed by atoms with E-state index in [9.17, 15) is 4.79 Å². The van der Waals surface area contributed by atoms with E-state index in [4.69, 9.17) is 9.52 Å². The maximum Gasteiger partial charge on any atom is 0.308 e. The van der Waals surface area contributed by atoms with Crippen LogP contribution in [0, 0.1) is 0 Å². The molecule has 0 unspecified atom stereocenters. The minimum Gasteiger partial charge on any atom is -0.481 e. The first kappa shape index (κ1) is 12.7. The van der Waals surface area contributed by atoms with Crippen LogP contribution in [0.4, 0.5) is 0 Å². The Hall–Kier alpha value is -1.33. The van der Waals surface area contributed by atoms with Crippen LogP contribution in [-0.4, -0.2) is 11.1 Å². The predicted molar refractivity (Wildman–Crippen MR) is 80.5 cm³/mol. The predicted octanol–water partition coefficient (Wildman–Crippen LogP) is 4.74. The maximum atomic E-state index is 11.0. The van der Waals surface area contributed by atoms with Gasteiger partial charge in [-0.1, -0.05) is 40.2 Å². The number of aliphatic carboxylic acids is 1. The van der Waals surface area contributed by atoms with Gasteiger partial charge in [-0.3, -0.25) is 4.79 Å². The van der Waals surface area contributed by atoms with E-state index < -0.39 is 5.97 Å². The average molecular weight is 384 g/mol. The van der Waals surface area contributed by atoms with Crippen molar-refractivity contribution in [3.63, 3.8) is 0 Å². The number of halogens is 2. The van der Waals surface area contributed by atoms with Gasteiger partial charge in [-0.25, -0.2) is 0 Å². The molecule has 0 aliphatic rings. The molecular weight excluding hydrogens is 376 g/mol. The fourth-order valence-electron chi connectivity index (χ4n) is 2.26. The monoisotopic (exact) mass is 382 g/mol. The largest absolute Gasteiger partial charge is 0.481 e. The van der Waals surface area contributed by atoms with E-state index in [2.05, 4.69) is 31.9 Å². The molecule has 96 valence electrons. The molecule has 0 atom stereocenters. The number of fused-ring (bicyclic) bond motifs is 3. The Morgan fingerprint density at radius 2 is 1.89 bits per heavy atom. The van der Waals surface area contributed by atoms with Gasteiger partial charge in [0, 0.05) is 15.4 Å². The molecule has 0 amide bonds. The molecule has 0 bridgehead atoms. The summed E-state index contributed by atoms with van der Waals surface area (Å²) in [7, 11) is 0. The van der Waals surface area contributed by atoms with Gasteiger partial charge in [0.05, 0.1) is 6.42 Å². The normalized spacial score (nSPS) is 11.3. The van der Waals surface area contributed by atoms with Crippen LogP contribution in [0.5, 0.6) is 0 Å². The molecule has 2 aromatic carbocycles. The van der Waals surface area contributed by atoms with Crippen LogP contribution in [0.2, 0.25) is 0 Å². The lowest BCUT2D eigenvalue weighted by Crippen LogP contribution is -1.99. The topological polar surface area (TPSA) is 50.4 Å². The minimum absolute atomic E-state index is 0.0702. The summed E-state index contributed by atoms with van der Waals surface area (Å²) in [6.07, 6.45) is -0.0702. The van der Waals surface area contributed by atoms with Crippen LogP contribution in [0.1, 0.15) is 5.56 Å². The van der Waals surface area contributed by atoms with Gasteiger partial charge in [-0.15, -0.1) is 0 Å². The molecular formula is C14H8Br2O3. The number of furan rings is 1. The Balaban J connectivity index is 2.47. The number of carbonyl (C=O) groups is 1. The quantitative estimate of drug-likeness (QED) is 0.695. The van der Waals surface area contributed by atoms with Crippen molar-refractivity contribution in [3.05, 3.63) is 45.0 Å². The number of hydrogen-bond acceptors (Lipinski definition) is 2. The van der Waals surface area contributed by atoms with E-state index in [1.54, 1.807) is 0 Å². The van der Waals surface area contributed by atoms with Crippen molar-refractivity contribution < 1.29 is 14.3 Å². The zero-order valence-corrected chi connectivity index (χ0v) is 12.8. The molecule has 1 heterocycles.